The molecule has 0 unspecified atom stereocenters. The first-order valence-corrected chi connectivity index (χ1v) is 10.00. The van der Waals surface area contributed by atoms with Crippen LogP contribution in [0.15, 0.2) is 0 Å². The summed E-state index contributed by atoms with van der Waals surface area (Å²) in [5, 5.41) is 0. The molecule has 0 aromatic rings. The van der Waals surface area contributed by atoms with Gasteiger partial charge in [-0.15, -0.1) is 0 Å². The molecule has 144 valence electrons. The van der Waals surface area contributed by atoms with E-state index in [1.807, 2.05) is 0 Å². The van der Waals surface area contributed by atoms with Gasteiger partial charge in [0.25, 0.3) is 0 Å². The first-order chi connectivity index (χ1) is 10.1. The summed E-state index contributed by atoms with van der Waals surface area (Å²) in [6.45, 7) is 2.24. The lowest BCUT2D eigenvalue weighted by Crippen LogP contribution is -2.05. The molecule has 23 heavy (non-hydrogen) atoms. The Balaban J connectivity index is -0.000000578. The summed E-state index contributed by atoms with van der Waals surface area (Å²) >= 11 is 0. The van der Waals surface area contributed by atoms with Crippen molar-refractivity contribution in [2.45, 2.75) is 71.1 Å². The van der Waals surface area contributed by atoms with E-state index in [1.165, 1.54) is 44.9 Å². The van der Waals surface area contributed by atoms with Crippen molar-refractivity contribution < 1.29 is 34.7 Å². The van der Waals surface area contributed by atoms with Crippen LogP contribution in [0.4, 0.5) is 0 Å². The van der Waals surface area contributed by atoms with Crippen molar-refractivity contribution in [3.05, 3.63) is 0 Å². The van der Waals surface area contributed by atoms with Crippen LogP contribution in [-0.4, -0.2) is 37.1 Å². The Hall–Kier alpha value is -0.300. The zero-order valence-electron chi connectivity index (χ0n) is 13.9. The van der Waals surface area contributed by atoms with Crippen molar-refractivity contribution in [1.82, 2.24) is 6.15 Å². The predicted molar refractivity (Wildman–Crippen MR) is 84.0 cm³/mol. The second kappa shape index (κ2) is 16.6. The third kappa shape index (κ3) is 44.9. The van der Waals surface area contributed by atoms with Crippen molar-refractivity contribution >= 4 is 20.8 Å². The SMILES string of the molecule is CCCCCCCCCCCCOS(=O)(=O)[O-].O=S(=O)([O-])[O-].[NH4+]. The highest BCUT2D eigenvalue weighted by Gasteiger charge is 1.95. The lowest BCUT2D eigenvalue weighted by atomic mass is 10.1. The van der Waals surface area contributed by atoms with Crippen LogP contribution in [0.1, 0.15) is 71.1 Å². The van der Waals surface area contributed by atoms with Crippen molar-refractivity contribution in [3.8, 4) is 0 Å². The number of hydrogen-bond donors (Lipinski definition) is 1. The number of hydrogen-bond acceptors (Lipinski definition) is 8. The van der Waals surface area contributed by atoms with Crippen LogP contribution >= 0.6 is 0 Å². The molecule has 0 aromatic heterocycles. The quantitative estimate of drug-likeness (QED) is 0.304. The van der Waals surface area contributed by atoms with Crippen LogP contribution in [0.5, 0.6) is 0 Å². The van der Waals surface area contributed by atoms with Gasteiger partial charge in [0.2, 0.25) is 10.4 Å². The van der Waals surface area contributed by atoms with Gasteiger partial charge in [-0.2, -0.15) is 0 Å². The summed E-state index contributed by atoms with van der Waals surface area (Å²) in [5.74, 6) is 0. The molecule has 0 aliphatic carbocycles. The highest BCUT2D eigenvalue weighted by atomic mass is 32.3. The molecule has 11 heteroatoms. The van der Waals surface area contributed by atoms with Gasteiger partial charge in [0, 0.05) is 10.4 Å². The second-order valence-corrected chi connectivity index (χ2v) is 6.69. The maximum absolute atomic E-state index is 10.1. The minimum atomic E-state index is -5.17. The molecule has 0 bridgehead atoms. The maximum Gasteiger partial charge on any atom is 0.217 e. The van der Waals surface area contributed by atoms with E-state index >= 15 is 0 Å². The Labute approximate surface area is 139 Å². The van der Waals surface area contributed by atoms with Gasteiger partial charge in [0.1, 0.15) is 0 Å². The summed E-state index contributed by atoms with van der Waals surface area (Å²) in [4.78, 5) is 0. The van der Waals surface area contributed by atoms with Crippen LogP contribution < -0.4 is 6.15 Å². The molecule has 0 fully saturated rings. The van der Waals surface area contributed by atoms with Gasteiger partial charge in [-0.3, -0.25) is 12.6 Å². The molecule has 0 radical (unpaired) electrons. The third-order valence-corrected chi connectivity index (χ3v) is 3.18. The topological polar surface area (TPSA) is 183 Å². The van der Waals surface area contributed by atoms with Crippen LogP contribution in [0.3, 0.4) is 0 Å². The molecule has 9 nitrogen and oxygen atoms in total. The molecule has 0 saturated carbocycles. The van der Waals surface area contributed by atoms with Gasteiger partial charge >= 0.3 is 0 Å². The average Bonchev–Trinajstić information content (AvgIpc) is 2.32. The van der Waals surface area contributed by atoms with Gasteiger partial charge < -0.3 is 19.8 Å². The van der Waals surface area contributed by atoms with Gasteiger partial charge in [0.05, 0.1) is 6.61 Å². The lowest BCUT2D eigenvalue weighted by Gasteiger charge is -2.06. The molecule has 0 amide bonds. The zero-order chi connectivity index (χ0) is 17.5. The Morgan fingerprint density at radius 2 is 1.00 bits per heavy atom. The van der Waals surface area contributed by atoms with Crippen molar-refractivity contribution in [1.29, 1.82) is 0 Å². The maximum atomic E-state index is 10.1. The molecule has 4 N–H and O–H groups in total. The first kappa shape index (κ1) is 27.5. The molecule has 0 aromatic carbocycles. The Kier molecular flexibility index (Phi) is 19.8. The summed E-state index contributed by atoms with van der Waals surface area (Å²) in [6, 6.07) is 0. The van der Waals surface area contributed by atoms with Crippen LogP contribution in [0, 0.1) is 0 Å². The molecule has 0 heterocycles. The highest BCUT2D eigenvalue weighted by Crippen LogP contribution is 2.10. The molecular formula is C12H29NO8S2-2. The Morgan fingerprint density at radius 3 is 1.30 bits per heavy atom. The van der Waals surface area contributed by atoms with Crippen molar-refractivity contribution in [2.75, 3.05) is 6.61 Å². The standard InChI is InChI=1S/C12H26O4S.H3N.H2O4S/c1-2-3-4-5-6-7-8-9-10-11-12-16-17(13,14)15;;1-5(2,3)4/h2-12H2,1H3,(H,13,14,15);1H3;(H2,1,2,3,4)/p-2. The summed E-state index contributed by atoms with van der Waals surface area (Å²) in [6.07, 6.45) is 11.7. The summed E-state index contributed by atoms with van der Waals surface area (Å²) in [5.41, 5.74) is 0. The molecule has 0 aliphatic rings. The zero-order valence-corrected chi connectivity index (χ0v) is 15.5. The molecular weight excluding hydrogens is 350 g/mol. The Morgan fingerprint density at radius 1 is 0.696 bits per heavy atom. The van der Waals surface area contributed by atoms with E-state index in [9.17, 15) is 13.0 Å². The van der Waals surface area contributed by atoms with E-state index in [0.717, 1.165) is 12.8 Å². The van der Waals surface area contributed by atoms with E-state index < -0.39 is 20.8 Å². The van der Waals surface area contributed by atoms with E-state index in [1.54, 1.807) is 0 Å². The highest BCUT2D eigenvalue weighted by molar-refractivity contribution is 7.80. The van der Waals surface area contributed by atoms with Gasteiger partial charge in [-0.05, 0) is 6.42 Å². The molecule has 0 atom stereocenters. The van der Waals surface area contributed by atoms with Crippen LogP contribution in [0.25, 0.3) is 0 Å². The van der Waals surface area contributed by atoms with E-state index in [0.29, 0.717) is 6.42 Å². The average molecular weight is 379 g/mol. The third-order valence-electron chi connectivity index (χ3n) is 2.73. The van der Waals surface area contributed by atoms with E-state index in [-0.39, 0.29) is 12.8 Å². The largest absolute Gasteiger partial charge is 0.759 e. The fraction of sp³-hybridized carbons (Fsp3) is 1.00. The second-order valence-electron chi connectivity index (χ2n) is 4.82. The fourth-order valence-corrected chi connectivity index (χ4v) is 2.07. The van der Waals surface area contributed by atoms with Gasteiger partial charge in [-0.25, -0.2) is 8.42 Å². The van der Waals surface area contributed by atoms with Gasteiger partial charge in [0.15, 0.2) is 0 Å². The minimum absolute atomic E-state index is 0. The smallest absolute Gasteiger partial charge is 0.217 e. The monoisotopic (exact) mass is 379 g/mol. The van der Waals surface area contributed by atoms with Crippen LogP contribution in [0.2, 0.25) is 0 Å². The first-order valence-electron chi connectivity index (χ1n) is 7.33. The predicted octanol–water partition coefficient (Wildman–Crippen LogP) is 2.42. The molecule has 0 spiro atoms. The van der Waals surface area contributed by atoms with E-state index in [4.69, 9.17) is 17.5 Å². The molecule has 0 saturated heterocycles. The fourth-order valence-electron chi connectivity index (χ4n) is 1.75. The molecule has 0 rings (SSSR count). The van der Waals surface area contributed by atoms with Crippen molar-refractivity contribution in [3.63, 3.8) is 0 Å². The molecule has 0 aliphatic heterocycles. The van der Waals surface area contributed by atoms with Crippen molar-refractivity contribution in [2.24, 2.45) is 0 Å². The van der Waals surface area contributed by atoms with Crippen LogP contribution in [-0.2, 0) is 25.0 Å². The number of rotatable bonds is 12. The Bertz CT molecular complexity index is 428. The lowest BCUT2D eigenvalue weighted by molar-refractivity contribution is 0.255. The number of quaternary nitrogens is 1. The summed E-state index contributed by atoms with van der Waals surface area (Å²) in [7, 11) is -9.65. The van der Waals surface area contributed by atoms with Gasteiger partial charge in [-0.1, -0.05) is 64.7 Å². The van der Waals surface area contributed by atoms with E-state index in [2.05, 4.69) is 11.1 Å². The number of unbranched alkanes of at least 4 members (excludes halogenated alkanes) is 9. The minimum Gasteiger partial charge on any atom is -0.759 e. The normalized spacial score (nSPS) is 11.3. The summed E-state index contributed by atoms with van der Waals surface area (Å²) < 4.78 is 68.5.